The number of nitrogens with one attached hydrogen (secondary N) is 1. The molecule has 0 bridgehead atoms. The molecule has 7 nitrogen and oxygen atoms in total. The Morgan fingerprint density at radius 2 is 2.30 bits per heavy atom. The second-order valence-corrected chi connectivity index (χ2v) is 6.03. The van der Waals surface area contributed by atoms with E-state index in [0.29, 0.717) is 23.8 Å². The molecule has 122 valence electrons. The second-order valence-electron chi connectivity index (χ2n) is 6.03. The molecule has 1 atom stereocenters. The smallest absolute Gasteiger partial charge is 0.252 e. The number of nitrogen functional groups attached to an aromatic ring is 1. The fraction of sp³-hybridized carbons (Fsp3) is 0.438. The lowest BCUT2D eigenvalue weighted by Crippen LogP contribution is -2.31. The number of carbonyl (C=O) groups is 1. The number of nitrogens with zero attached hydrogens (tertiary/aromatic N) is 4. The lowest BCUT2D eigenvalue weighted by molar-refractivity contribution is 0.0947. The van der Waals surface area contributed by atoms with E-state index in [1.807, 2.05) is 24.0 Å². The molecule has 1 aliphatic heterocycles. The van der Waals surface area contributed by atoms with E-state index in [2.05, 4.69) is 20.2 Å². The summed E-state index contributed by atoms with van der Waals surface area (Å²) in [6.07, 6.45) is 6.38. The summed E-state index contributed by atoms with van der Waals surface area (Å²) in [6, 6.07) is 3.33. The summed E-state index contributed by atoms with van der Waals surface area (Å²) in [7, 11) is 2.01. The number of nitrogens with two attached hydrogens (primary N) is 1. The monoisotopic (exact) mass is 314 g/mol. The van der Waals surface area contributed by atoms with Gasteiger partial charge in [0.1, 0.15) is 11.6 Å². The van der Waals surface area contributed by atoms with Gasteiger partial charge in [-0.2, -0.15) is 0 Å². The maximum absolute atomic E-state index is 12.1. The van der Waals surface area contributed by atoms with Crippen LogP contribution in [0.3, 0.4) is 0 Å². The molecule has 3 heterocycles. The Bertz CT molecular complexity index is 665. The zero-order chi connectivity index (χ0) is 16.2. The van der Waals surface area contributed by atoms with Crippen LogP contribution in [0, 0.1) is 5.92 Å². The highest BCUT2D eigenvalue weighted by Gasteiger charge is 2.23. The average Bonchev–Trinajstić information content (AvgIpc) is 3.16. The molecular weight excluding hydrogens is 292 g/mol. The molecule has 1 amide bonds. The van der Waals surface area contributed by atoms with Gasteiger partial charge in [0.25, 0.3) is 5.91 Å². The number of likely N-dealkylation sites (tertiary alicyclic amines) is 1. The Hall–Kier alpha value is -2.41. The molecule has 0 radical (unpaired) electrons. The normalized spacial score (nSPS) is 18.2. The van der Waals surface area contributed by atoms with Crippen LogP contribution in [-0.2, 0) is 13.6 Å². The van der Waals surface area contributed by atoms with E-state index in [-0.39, 0.29) is 5.91 Å². The first-order chi connectivity index (χ1) is 11.1. The molecule has 7 heteroatoms. The Morgan fingerprint density at radius 3 is 3.00 bits per heavy atom. The fourth-order valence-electron chi connectivity index (χ4n) is 2.85. The van der Waals surface area contributed by atoms with E-state index in [1.54, 1.807) is 12.1 Å². The Kier molecular flexibility index (Phi) is 4.57. The van der Waals surface area contributed by atoms with Crippen molar-refractivity contribution in [3.63, 3.8) is 0 Å². The minimum atomic E-state index is -0.0972. The quantitative estimate of drug-likeness (QED) is 0.846. The van der Waals surface area contributed by atoms with Crippen molar-refractivity contribution in [2.45, 2.75) is 13.0 Å². The highest BCUT2D eigenvalue weighted by Crippen LogP contribution is 2.17. The first kappa shape index (κ1) is 15.5. The van der Waals surface area contributed by atoms with E-state index in [9.17, 15) is 4.79 Å². The maximum atomic E-state index is 12.1. The molecular formula is C16H22N6O. The first-order valence-electron chi connectivity index (χ1n) is 7.80. The van der Waals surface area contributed by atoms with Crippen molar-refractivity contribution >= 4 is 11.7 Å². The number of amides is 1. The van der Waals surface area contributed by atoms with E-state index in [4.69, 9.17) is 5.73 Å². The molecule has 0 unspecified atom stereocenters. The molecule has 3 N–H and O–H groups in total. The standard InChI is InChI=1S/C16H22N6O/c1-21-7-5-18-15(21)11-22-6-4-12(10-22)8-20-16(23)13-2-3-14(17)19-9-13/h2-3,5,7,9,12H,4,6,8,10-11H2,1H3,(H2,17,19)(H,20,23)/t12-/m0/s1. The van der Waals surface area contributed by atoms with Crippen LogP contribution >= 0.6 is 0 Å². The number of aryl methyl sites for hydroxylation is 1. The van der Waals surface area contributed by atoms with Gasteiger partial charge in [-0.25, -0.2) is 9.97 Å². The summed E-state index contributed by atoms with van der Waals surface area (Å²) in [5.41, 5.74) is 6.07. The molecule has 0 saturated carbocycles. The van der Waals surface area contributed by atoms with Crippen LogP contribution in [0.15, 0.2) is 30.7 Å². The van der Waals surface area contributed by atoms with Crippen LogP contribution < -0.4 is 11.1 Å². The third kappa shape index (κ3) is 3.87. The first-order valence-corrected chi connectivity index (χ1v) is 7.80. The van der Waals surface area contributed by atoms with E-state index < -0.39 is 0 Å². The maximum Gasteiger partial charge on any atom is 0.252 e. The van der Waals surface area contributed by atoms with Gasteiger partial charge in [0.15, 0.2) is 0 Å². The molecule has 2 aromatic heterocycles. The zero-order valence-electron chi connectivity index (χ0n) is 13.3. The predicted molar refractivity (Wildman–Crippen MR) is 87.6 cm³/mol. The van der Waals surface area contributed by atoms with Gasteiger partial charge in [-0.15, -0.1) is 0 Å². The van der Waals surface area contributed by atoms with Gasteiger partial charge in [-0.1, -0.05) is 0 Å². The fourth-order valence-corrected chi connectivity index (χ4v) is 2.85. The summed E-state index contributed by atoms with van der Waals surface area (Å²) in [5, 5.41) is 2.98. The van der Waals surface area contributed by atoms with Crippen molar-refractivity contribution < 1.29 is 4.79 Å². The zero-order valence-corrected chi connectivity index (χ0v) is 13.3. The molecule has 1 aliphatic rings. The minimum absolute atomic E-state index is 0.0972. The van der Waals surface area contributed by atoms with Gasteiger partial charge in [0.2, 0.25) is 0 Å². The van der Waals surface area contributed by atoms with Gasteiger partial charge in [0.05, 0.1) is 12.1 Å². The summed E-state index contributed by atoms with van der Waals surface area (Å²) in [6.45, 7) is 3.56. The number of anilines is 1. The van der Waals surface area contributed by atoms with E-state index in [1.165, 1.54) is 6.20 Å². The molecule has 23 heavy (non-hydrogen) atoms. The van der Waals surface area contributed by atoms with Gasteiger partial charge in [0, 0.05) is 38.7 Å². The van der Waals surface area contributed by atoms with Gasteiger partial charge >= 0.3 is 0 Å². The molecule has 0 spiro atoms. The van der Waals surface area contributed by atoms with Gasteiger partial charge < -0.3 is 15.6 Å². The van der Waals surface area contributed by atoms with Crippen LogP contribution in [0.4, 0.5) is 5.82 Å². The number of carbonyl (C=O) groups excluding carboxylic acids is 1. The Labute approximate surface area is 135 Å². The van der Waals surface area contributed by atoms with E-state index >= 15 is 0 Å². The number of hydrogen-bond acceptors (Lipinski definition) is 5. The van der Waals surface area contributed by atoms with E-state index in [0.717, 1.165) is 31.9 Å². The molecule has 3 rings (SSSR count). The second kappa shape index (κ2) is 6.78. The Balaban J connectivity index is 1.46. The SMILES string of the molecule is Cn1ccnc1CN1CC[C@@H](CNC(=O)c2ccc(N)nc2)C1. The Morgan fingerprint density at radius 1 is 1.43 bits per heavy atom. The lowest BCUT2D eigenvalue weighted by atomic mass is 10.1. The molecule has 1 fully saturated rings. The van der Waals surface area contributed by atoms with Crippen LogP contribution in [0.2, 0.25) is 0 Å². The van der Waals surface area contributed by atoms with Crippen molar-refractivity contribution in [2.75, 3.05) is 25.4 Å². The van der Waals surface area contributed by atoms with Crippen LogP contribution in [0.1, 0.15) is 22.6 Å². The number of imidazole rings is 1. The highest BCUT2D eigenvalue weighted by molar-refractivity contribution is 5.93. The van der Waals surface area contributed by atoms with Gasteiger partial charge in [-0.05, 0) is 31.0 Å². The van der Waals surface area contributed by atoms with Crippen molar-refractivity contribution in [1.82, 2.24) is 24.8 Å². The van der Waals surface area contributed by atoms with Crippen molar-refractivity contribution in [1.29, 1.82) is 0 Å². The minimum Gasteiger partial charge on any atom is -0.384 e. The van der Waals surface area contributed by atoms with Crippen LogP contribution in [-0.4, -0.2) is 45.0 Å². The third-order valence-electron chi connectivity index (χ3n) is 4.26. The van der Waals surface area contributed by atoms with Gasteiger partial charge in [-0.3, -0.25) is 9.69 Å². The number of hydrogen-bond donors (Lipinski definition) is 2. The van der Waals surface area contributed by atoms with Crippen LogP contribution in [0.25, 0.3) is 0 Å². The number of aromatic nitrogens is 3. The largest absolute Gasteiger partial charge is 0.384 e. The van der Waals surface area contributed by atoms with Crippen LogP contribution in [0.5, 0.6) is 0 Å². The van der Waals surface area contributed by atoms with Crippen molar-refractivity contribution in [2.24, 2.45) is 13.0 Å². The number of pyridine rings is 1. The molecule has 0 aromatic carbocycles. The molecule has 1 saturated heterocycles. The molecule has 2 aromatic rings. The average molecular weight is 314 g/mol. The van der Waals surface area contributed by atoms with Crippen molar-refractivity contribution in [3.8, 4) is 0 Å². The lowest BCUT2D eigenvalue weighted by Gasteiger charge is -2.16. The molecule has 0 aliphatic carbocycles. The summed E-state index contributed by atoms with van der Waals surface area (Å²) in [4.78, 5) is 22.8. The highest BCUT2D eigenvalue weighted by atomic mass is 16.1. The third-order valence-corrected chi connectivity index (χ3v) is 4.26. The van der Waals surface area contributed by atoms with Crippen molar-refractivity contribution in [3.05, 3.63) is 42.1 Å². The summed E-state index contributed by atoms with van der Waals surface area (Å²) >= 11 is 0. The summed E-state index contributed by atoms with van der Waals surface area (Å²) < 4.78 is 2.04. The predicted octanol–water partition coefficient (Wildman–Crippen LogP) is 0.649. The topological polar surface area (TPSA) is 89.1 Å². The number of rotatable bonds is 5. The summed E-state index contributed by atoms with van der Waals surface area (Å²) in [5.74, 6) is 1.87.